The number of guanidine groups is 1. The number of aromatic nitrogens is 3. The van der Waals surface area contributed by atoms with Crippen LogP contribution in [-0.4, -0.2) is 144 Å². The second-order valence-electron chi connectivity index (χ2n) is 17.4. The van der Waals surface area contributed by atoms with E-state index in [-0.39, 0.29) is 61.4 Å². The number of nitrogens with zero attached hydrogens (tertiary/aromatic N) is 4. The van der Waals surface area contributed by atoms with Crippen molar-refractivity contribution in [1.82, 2.24) is 36.3 Å². The van der Waals surface area contributed by atoms with Gasteiger partial charge in [0.05, 0.1) is 70.4 Å². The first-order valence-corrected chi connectivity index (χ1v) is 22.9. The zero-order valence-electron chi connectivity index (χ0n) is 38.1. The molecule has 0 aliphatic carbocycles. The quantitative estimate of drug-likeness (QED) is 0.0229. The largest absolute Gasteiger partial charge is 0.469 e. The Labute approximate surface area is 375 Å². The summed E-state index contributed by atoms with van der Waals surface area (Å²) in [6.07, 6.45) is 6.07. The fraction of sp³-hybridized carbons (Fsp3) is 0.786. The molecular weight excluding hydrogens is 841 g/mol. The van der Waals surface area contributed by atoms with Crippen LogP contribution in [0.25, 0.3) is 0 Å². The molecule has 1 aromatic rings. The molecule has 1 aromatic heterocycles. The average Bonchev–Trinajstić information content (AvgIpc) is 3.90. The number of amides is 4. The lowest BCUT2D eigenvalue weighted by molar-refractivity contribution is -0.147. The van der Waals surface area contributed by atoms with Gasteiger partial charge >= 0.3 is 24.2 Å². The van der Waals surface area contributed by atoms with E-state index in [0.29, 0.717) is 83.5 Å². The SMILES string of the molecule is COC(=O)[C@H](CCN=C(NC(=O)OC(C)(C)C)NC(=O)OC(C)(C)C)CC(=O)CCCc1cn(CCOCCOCCOCCCC(=O)CCCC[C@@H]2SC[C@@H]3NC(=O)N[C@@H]32)nn1. The molecule has 2 saturated heterocycles. The molecule has 2 aliphatic heterocycles. The summed E-state index contributed by atoms with van der Waals surface area (Å²) in [6, 6.07) is 0.380. The predicted octanol–water partition coefficient (Wildman–Crippen LogP) is 4.27. The summed E-state index contributed by atoms with van der Waals surface area (Å²) in [4.78, 5) is 78.2. The Kier molecular flexibility index (Phi) is 23.4. The number of hydrogen-bond donors (Lipinski definition) is 4. The maximum atomic E-state index is 12.9. The highest BCUT2D eigenvalue weighted by molar-refractivity contribution is 8.00. The van der Waals surface area contributed by atoms with Crippen molar-refractivity contribution in [2.75, 3.05) is 59.0 Å². The van der Waals surface area contributed by atoms with Gasteiger partial charge in [0.15, 0.2) is 0 Å². The van der Waals surface area contributed by atoms with Crippen LogP contribution in [0.1, 0.15) is 111 Å². The van der Waals surface area contributed by atoms with E-state index >= 15 is 0 Å². The Morgan fingerprint density at radius 3 is 2.11 bits per heavy atom. The van der Waals surface area contributed by atoms with Crippen LogP contribution in [-0.2, 0) is 55.8 Å². The first-order chi connectivity index (χ1) is 29.9. The summed E-state index contributed by atoms with van der Waals surface area (Å²) < 4.78 is 33.9. The van der Waals surface area contributed by atoms with E-state index in [0.717, 1.165) is 30.7 Å². The van der Waals surface area contributed by atoms with Crippen molar-refractivity contribution >= 4 is 53.5 Å². The molecule has 2 fully saturated rings. The number of nitrogens with one attached hydrogen (secondary N) is 4. The van der Waals surface area contributed by atoms with Gasteiger partial charge in [-0.1, -0.05) is 11.6 Å². The number of esters is 1. The number of urea groups is 1. The summed E-state index contributed by atoms with van der Waals surface area (Å²) in [5, 5.41) is 19.5. The number of thioether (sulfide) groups is 1. The number of ether oxygens (including phenoxy) is 6. The number of ketones is 2. The van der Waals surface area contributed by atoms with E-state index in [4.69, 9.17) is 28.4 Å². The maximum Gasteiger partial charge on any atom is 0.414 e. The molecule has 0 saturated carbocycles. The van der Waals surface area contributed by atoms with Gasteiger partial charge in [0.25, 0.3) is 0 Å². The van der Waals surface area contributed by atoms with Crippen molar-refractivity contribution in [3.8, 4) is 0 Å². The fourth-order valence-electron chi connectivity index (χ4n) is 6.63. The Morgan fingerprint density at radius 1 is 0.841 bits per heavy atom. The van der Waals surface area contributed by atoms with Crippen LogP contribution in [0.4, 0.5) is 14.4 Å². The molecule has 0 aromatic carbocycles. The zero-order chi connectivity index (χ0) is 46.3. The van der Waals surface area contributed by atoms with Crippen molar-refractivity contribution in [2.24, 2.45) is 10.9 Å². The number of methoxy groups -OCH3 is 1. The van der Waals surface area contributed by atoms with Gasteiger partial charge in [0, 0.05) is 56.0 Å². The van der Waals surface area contributed by atoms with E-state index in [1.165, 1.54) is 7.11 Å². The first kappa shape index (κ1) is 53.0. The Balaban J connectivity index is 1.21. The number of aryl methyl sites for hydroxylation is 1. The molecule has 356 valence electrons. The number of rotatable bonds is 28. The summed E-state index contributed by atoms with van der Waals surface area (Å²) in [7, 11) is 1.24. The van der Waals surface area contributed by atoms with Crippen LogP contribution in [0, 0.1) is 5.92 Å². The molecule has 4 N–H and O–H groups in total. The summed E-state index contributed by atoms with van der Waals surface area (Å²) >= 11 is 1.90. The molecule has 63 heavy (non-hydrogen) atoms. The minimum atomic E-state index is -0.847. The molecule has 4 amide bonds. The maximum absolute atomic E-state index is 12.9. The monoisotopic (exact) mass is 910 g/mol. The smallest absolute Gasteiger partial charge is 0.414 e. The van der Waals surface area contributed by atoms with Gasteiger partial charge in [-0.05, 0) is 80.1 Å². The van der Waals surface area contributed by atoms with Crippen molar-refractivity contribution in [3.05, 3.63) is 11.9 Å². The molecule has 0 radical (unpaired) electrons. The van der Waals surface area contributed by atoms with Crippen LogP contribution in [0.15, 0.2) is 11.2 Å². The van der Waals surface area contributed by atoms with Crippen LogP contribution in [0.2, 0.25) is 0 Å². The van der Waals surface area contributed by atoms with Gasteiger partial charge in [-0.2, -0.15) is 11.8 Å². The highest BCUT2D eigenvalue weighted by Gasteiger charge is 2.42. The normalized spacial score (nSPS) is 17.5. The third-order valence-electron chi connectivity index (χ3n) is 9.55. The highest BCUT2D eigenvalue weighted by atomic mass is 32.2. The lowest BCUT2D eigenvalue weighted by Crippen LogP contribution is -2.47. The molecule has 0 spiro atoms. The second kappa shape index (κ2) is 27.8. The Bertz CT molecular complexity index is 1610. The van der Waals surface area contributed by atoms with Crippen LogP contribution in [0.3, 0.4) is 0 Å². The van der Waals surface area contributed by atoms with Crippen molar-refractivity contribution in [2.45, 2.75) is 147 Å². The van der Waals surface area contributed by atoms with E-state index < -0.39 is 35.3 Å². The number of Topliss-reactive ketones (excluding diaryl/α,β-unsaturated/α-hetero) is 2. The molecule has 3 heterocycles. The standard InChI is InChI=1S/C42H70N8O12S/c1-41(2,3)61-39(55)46-37(47-40(56)62-42(4,5)6)43-18-17-29(36(53)57-7)26-32(52)14-10-12-30-27-50(49-48-30)19-21-59-23-25-60-24-22-58-20-11-15-31(51)13-8-9-16-34-35-33(28-63-34)44-38(54)45-35/h27,29,33-35H,8-26,28H2,1-7H3,(H2,44,45,54)(H2,43,46,47,55,56)/t29-,33+,34+,35+/m1/s1. The number of hydrogen-bond acceptors (Lipinski definition) is 16. The zero-order valence-corrected chi connectivity index (χ0v) is 38.9. The van der Waals surface area contributed by atoms with Gasteiger partial charge in [0.1, 0.15) is 22.8 Å². The van der Waals surface area contributed by atoms with Crippen LogP contribution >= 0.6 is 11.8 Å². The topological polar surface area (TPSA) is 249 Å². The number of carbonyl (C=O) groups is 6. The van der Waals surface area contributed by atoms with E-state index in [2.05, 4.69) is 36.6 Å². The molecule has 20 nitrogen and oxygen atoms in total. The molecule has 3 rings (SSSR count). The summed E-state index contributed by atoms with van der Waals surface area (Å²) in [5.74, 6) is -0.506. The van der Waals surface area contributed by atoms with E-state index in [1.54, 1.807) is 52.4 Å². The fourth-order valence-corrected chi connectivity index (χ4v) is 8.17. The van der Waals surface area contributed by atoms with Gasteiger partial charge in [-0.25, -0.2) is 19.1 Å². The molecule has 0 unspecified atom stereocenters. The summed E-state index contributed by atoms with van der Waals surface area (Å²) in [6.45, 7) is 13.2. The minimum Gasteiger partial charge on any atom is -0.469 e. The second-order valence-corrected chi connectivity index (χ2v) is 18.7. The van der Waals surface area contributed by atoms with Crippen LogP contribution < -0.4 is 21.3 Å². The third kappa shape index (κ3) is 23.2. The Hall–Kier alpha value is -4.34. The van der Waals surface area contributed by atoms with Gasteiger partial charge in [0.2, 0.25) is 5.96 Å². The van der Waals surface area contributed by atoms with E-state index in [1.807, 2.05) is 11.8 Å². The van der Waals surface area contributed by atoms with E-state index in [9.17, 15) is 28.8 Å². The summed E-state index contributed by atoms with van der Waals surface area (Å²) in [5.41, 5.74) is -0.879. The van der Waals surface area contributed by atoms with Crippen molar-refractivity contribution < 1.29 is 57.2 Å². The number of unbranched alkanes of at least 4 members (excludes halogenated alkanes) is 1. The number of aliphatic imine (C=N–C) groups is 1. The minimum absolute atomic E-state index is 0.0273. The molecular formula is C42H70N8O12S. The predicted molar refractivity (Wildman–Crippen MR) is 234 cm³/mol. The molecule has 0 bridgehead atoms. The third-order valence-corrected chi connectivity index (χ3v) is 11.1. The average molecular weight is 911 g/mol. The first-order valence-electron chi connectivity index (χ1n) is 21.9. The highest BCUT2D eigenvalue weighted by Crippen LogP contribution is 2.33. The van der Waals surface area contributed by atoms with Crippen molar-refractivity contribution in [1.29, 1.82) is 0 Å². The Morgan fingerprint density at radius 2 is 1.46 bits per heavy atom. The lowest BCUT2D eigenvalue weighted by Gasteiger charge is -2.22. The number of alkyl carbamates (subject to hydrolysis) is 2. The van der Waals surface area contributed by atoms with Gasteiger partial charge in [-0.15, -0.1) is 5.10 Å². The number of carbonyl (C=O) groups excluding carboxylic acids is 6. The molecule has 2 aliphatic rings. The van der Waals surface area contributed by atoms with Gasteiger partial charge < -0.3 is 39.1 Å². The van der Waals surface area contributed by atoms with Crippen LogP contribution in [0.5, 0.6) is 0 Å². The number of fused-ring (bicyclic) bond motifs is 1. The van der Waals surface area contributed by atoms with Gasteiger partial charge in [-0.3, -0.25) is 30.0 Å². The lowest BCUT2D eigenvalue weighted by atomic mass is 9.96. The van der Waals surface area contributed by atoms with Crippen molar-refractivity contribution in [3.63, 3.8) is 0 Å². The molecule has 4 atom stereocenters. The molecule has 21 heteroatoms.